The number of amides is 1. The Balaban J connectivity index is 1.80. The van der Waals surface area contributed by atoms with Crippen molar-refractivity contribution in [2.75, 3.05) is 11.4 Å². The van der Waals surface area contributed by atoms with Gasteiger partial charge in [-0.2, -0.15) is 0 Å². The third-order valence-corrected chi connectivity index (χ3v) is 4.90. The molecular weight excluding hydrogens is 312 g/mol. The minimum atomic E-state index is 0.209. The zero-order valence-electron chi connectivity index (χ0n) is 14.9. The predicted molar refractivity (Wildman–Crippen MR) is 99.8 cm³/mol. The van der Waals surface area contributed by atoms with E-state index in [1.165, 1.54) is 0 Å². The van der Waals surface area contributed by atoms with Crippen LogP contribution in [0.2, 0.25) is 0 Å². The first-order valence-corrected chi connectivity index (χ1v) is 8.84. The van der Waals surface area contributed by atoms with Crippen molar-refractivity contribution in [1.82, 2.24) is 15.0 Å². The molecule has 3 aromatic rings. The van der Waals surface area contributed by atoms with E-state index in [2.05, 4.69) is 35.9 Å². The van der Waals surface area contributed by atoms with Crippen LogP contribution in [0.1, 0.15) is 36.8 Å². The number of pyridine rings is 1. The highest BCUT2D eigenvalue weighted by Crippen LogP contribution is 2.30. The second-order valence-electron chi connectivity index (χ2n) is 6.69. The summed E-state index contributed by atoms with van der Waals surface area (Å²) in [6.07, 6.45) is 2.46. The number of benzene rings is 1. The van der Waals surface area contributed by atoms with Gasteiger partial charge in [-0.15, -0.1) is 0 Å². The van der Waals surface area contributed by atoms with Crippen LogP contribution >= 0.6 is 0 Å². The molecule has 0 atom stereocenters. The molecule has 1 aliphatic rings. The Kier molecular flexibility index (Phi) is 3.79. The van der Waals surface area contributed by atoms with Crippen LogP contribution in [0.3, 0.4) is 0 Å². The maximum atomic E-state index is 12.0. The lowest BCUT2D eigenvalue weighted by Crippen LogP contribution is -2.23. The molecule has 128 valence electrons. The normalized spacial score (nSPS) is 14.7. The smallest absolute Gasteiger partial charge is 0.227 e. The summed E-state index contributed by atoms with van der Waals surface area (Å²) < 4.78 is 0. The lowest BCUT2D eigenvalue weighted by atomic mass is 10.1. The van der Waals surface area contributed by atoms with Crippen molar-refractivity contribution in [1.29, 1.82) is 0 Å². The molecule has 2 aromatic heterocycles. The number of carbonyl (C=O) groups excluding carboxylic acids is 1. The van der Waals surface area contributed by atoms with E-state index in [9.17, 15) is 4.79 Å². The number of fused-ring (bicyclic) bond motifs is 1. The number of H-pyrrole nitrogens is 1. The van der Waals surface area contributed by atoms with Crippen LogP contribution in [0, 0.1) is 13.8 Å². The van der Waals surface area contributed by atoms with Crippen LogP contribution in [-0.4, -0.2) is 27.4 Å². The largest absolute Gasteiger partial charge is 0.346 e. The van der Waals surface area contributed by atoms with Gasteiger partial charge in [0.15, 0.2) is 0 Å². The van der Waals surface area contributed by atoms with Crippen molar-refractivity contribution in [3.63, 3.8) is 0 Å². The number of rotatable bonds is 3. The molecule has 1 N–H and O–H groups in total. The van der Waals surface area contributed by atoms with Crippen LogP contribution in [0.25, 0.3) is 22.3 Å². The molecule has 5 heteroatoms. The van der Waals surface area contributed by atoms with Crippen LogP contribution < -0.4 is 4.90 Å². The summed E-state index contributed by atoms with van der Waals surface area (Å²) >= 11 is 0. The highest BCUT2D eigenvalue weighted by atomic mass is 16.2. The van der Waals surface area contributed by atoms with Gasteiger partial charge in [-0.3, -0.25) is 4.79 Å². The Bertz CT molecular complexity index is 973. The van der Waals surface area contributed by atoms with Gasteiger partial charge in [-0.25, -0.2) is 9.97 Å². The molecule has 0 radical (unpaired) electrons. The molecule has 0 saturated carbocycles. The van der Waals surface area contributed by atoms with E-state index in [-0.39, 0.29) is 5.91 Å². The van der Waals surface area contributed by atoms with E-state index in [1.54, 1.807) is 0 Å². The Morgan fingerprint density at radius 3 is 2.72 bits per heavy atom. The lowest BCUT2D eigenvalue weighted by molar-refractivity contribution is -0.117. The van der Waals surface area contributed by atoms with Gasteiger partial charge in [0, 0.05) is 36.2 Å². The second kappa shape index (κ2) is 5.99. The standard InChI is InChI=1S/C20H22N4O/c1-4-18-21-13(3)20(23-18)17-10-12(2)15-11-14(7-8-16(15)22-17)24-9-5-6-19(24)25/h7-8,10-11H,4-6,9H2,1-3H3,(H,21,23). The Labute approximate surface area is 147 Å². The van der Waals surface area contributed by atoms with Crippen molar-refractivity contribution in [2.24, 2.45) is 0 Å². The van der Waals surface area contributed by atoms with Crippen LogP contribution in [-0.2, 0) is 11.2 Å². The van der Waals surface area contributed by atoms with Crippen molar-refractivity contribution < 1.29 is 4.79 Å². The number of carbonyl (C=O) groups is 1. The fourth-order valence-corrected chi connectivity index (χ4v) is 3.53. The quantitative estimate of drug-likeness (QED) is 0.789. The Morgan fingerprint density at radius 2 is 2.04 bits per heavy atom. The first-order valence-electron chi connectivity index (χ1n) is 8.84. The summed E-state index contributed by atoms with van der Waals surface area (Å²) in [5.74, 6) is 1.19. The van der Waals surface area contributed by atoms with Gasteiger partial charge in [-0.05, 0) is 50.1 Å². The molecule has 0 bridgehead atoms. The SMILES string of the molecule is CCc1nc(-c2cc(C)c3cc(N4CCCC4=O)ccc3n2)c(C)[nH]1. The number of nitrogens with zero attached hydrogens (tertiary/aromatic N) is 3. The lowest BCUT2D eigenvalue weighted by Gasteiger charge is -2.17. The molecule has 1 aromatic carbocycles. The molecule has 1 saturated heterocycles. The molecule has 0 unspecified atom stereocenters. The average Bonchev–Trinajstić information content (AvgIpc) is 3.20. The minimum Gasteiger partial charge on any atom is -0.346 e. The van der Waals surface area contributed by atoms with E-state index < -0.39 is 0 Å². The van der Waals surface area contributed by atoms with Crippen LogP contribution in [0.5, 0.6) is 0 Å². The number of hydrogen-bond acceptors (Lipinski definition) is 3. The van der Waals surface area contributed by atoms with E-state index in [0.717, 1.165) is 64.4 Å². The number of imidazole rings is 1. The molecule has 25 heavy (non-hydrogen) atoms. The summed E-state index contributed by atoms with van der Waals surface area (Å²) in [5, 5.41) is 1.09. The fourth-order valence-electron chi connectivity index (χ4n) is 3.53. The number of nitrogens with one attached hydrogen (secondary N) is 1. The number of aromatic nitrogens is 3. The van der Waals surface area contributed by atoms with E-state index in [1.807, 2.05) is 24.0 Å². The summed E-state index contributed by atoms with van der Waals surface area (Å²) in [7, 11) is 0. The van der Waals surface area contributed by atoms with Crippen molar-refractivity contribution in [3.8, 4) is 11.4 Å². The van der Waals surface area contributed by atoms with Gasteiger partial charge in [0.1, 0.15) is 11.5 Å². The molecular formula is C20H22N4O. The number of hydrogen-bond donors (Lipinski definition) is 1. The van der Waals surface area contributed by atoms with Gasteiger partial charge in [-0.1, -0.05) is 6.92 Å². The maximum absolute atomic E-state index is 12.0. The topological polar surface area (TPSA) is 61.9 Å². The van der Waals surface area contributed by atoms with E-state index >= 15 is 0 Å². The first-order chi connectivity index (χ1) is 12.1. The molecule has 4 rings (SSSR count). The maximum Gasteiger partial charge on any atom is 0.227 e. The zero-order valence-corrected chi connectivity index (χ0v) is 14.9. The molecule has 1 amide bonds. The molecule has 5 nitrogen and oxygen atoms in total. The van der Waals surface area contributed by atoms with Crippen molar-refractivity contribution in [3.05, 3.63) is 41.3 Å². The van der Waals surface area contributed by atoms with E-state index in [4.69, 9.17) is 4.98 Å². The molecule has 0 spiro atoms. The zero-order chi connectivity index (χ0) is 17.6. The third-order valence-electron chi connectivity index (χ3n) is 4.90. The monoisotopic (exact) mass is 334 g/mol. The fraction of sp³-hybridized carbons (Fsp3) is 0.350. The summed E-state index contributed by atoms with van der Waals surface area (Å²) in [6.45, 7) is 7.01. The predicted octanol–water partition coefficient (Wildman–Crippen LogP) is 3.93. The van der Waals surface area contributed by atoms with Gasteiger partial charge < -0.3 is 9.88 Å². The summed E-state index contributed by atoms with van der Waals surface area (Å²) in [5.41, 5.74) is 5.91. The van der Waals surface area contributed by atoms with Crippen molar-refractivity contribution >= 4 is 22.5 Å². The summed E-state index contributed by atoms with van der Waals surface area (Å²) in [4.78, 5) is 26.7. The molecule has 0 aliphatic carbocycles. The van der Waals surface area contributed by atoms with Crippen LogP contribution in [0.15, 0.2) is 24.3 Å². The molecule has 1 aliphatic heterocycles. The van der Waals surface area contributed by atoms with Gasteiger partial charge in [0.2, 0.25) is 5.91 Å². The van der Waals surface area contributed by atoms with Crippen molar-refractivity contribution in [2.45, 2.75) is 40.0 Å². The van der Waals surface area contributed by atoms with Gasteiger partial charge >= 0.3 is 0 Å². The highest BCUT2D eigenvalue weighted by Gasteiger charge is 2.22. The van der Waals surface area contributed by atoms with Crippen LogP contribution in [0.4, 0.5) is 5.69 Å². The van der Waals surface area contributed by atoms with E-state index in [0.29, 0.717) is 6.42 Å². The number of anilines is 1. The number of aryl methyl sites for hydroxylation is 3. The number of aromatic amines is 1. The average molecular weight is 334 g/mol. The van der Waals surface area contributed by atoms with Gasteiger partial charge in [0.05, 0.1) is 11.2 Å². The van der Waals surface area contributed by atoms with Gasteiger partial charge in [0.25, 0.3) is 0 Å². The first kappa shape index (κ1) is 15.8. The summed E-state index contributed by atoms with van der Waals surface area (Å²) in [6, 6.07) is 8.17. The second-order valence-corrected chi connectivity index (χ2v) is 6.69. The molecule has 1 fully saturated rings. The Morgan fingerprint density at radius 1 is 1.20 bits per heavy atom. The molecule has 3 heterocycles. The third kappa shape index (κ3) is 2.69. The minimum absolute atomic E-state index is 0.209. The Hall–Kier alpha value is -2.69. The highest BCUT2D eigenvalue weighted by molar-refractivity contribution is 5.98.